The van der Waals surface area contributed by atoms with E-state index in [2.05, 4.69) is 3.63 Å². The SMILES string of the molecule is CC(C)S(CC(=O)C(C)(C)C)(OS(=O)(=O)C(F)(F)C(F)(F)C(F)(F)C(F)(F)C(F)(F)C(F)(F)C(F)(F)C(F)(F)F)C(C)C. The molecule has 0 aromatic rings. The van der Waals surface area contributed by atoms with Gasteiger partial charge in [-0.25, -0.2) is 3.63 Å². The zero-order chi connectivity index (χ0) is 35.6. The molecule has 0 amide bonds. The Morgan fingerprint density at radius 3 is 1.09 bits per heavy atom. The Morgan fingerprint density at radius 2 is 0.837 bits per heavy atom. The quantitative estimate of drug-likeness (QED) is 0.180. The van der Waals surface area contributed by atoms with Gasteiger partial charge in [0.2, 0.25) is 0 Å². The van der Waals surface area contributed by atoms with E-state index in [-0.39, 0.29) is 0 Å². The van der Waals surface area contributed by atoms with Crippen molar-refractivity contribution < 1.29 is 91.5 Å². The maximum absolute atomic E-state index is 14.6. The van der Waals surface area contributed by atoms with E-state index in [0.717, 1.165) is 27.7 Å². The van der Waals surface area contributed by atoms with Gasteiger partial charge in [-0.15, -0.1) is 10.3 Å². The molecule has 0 heterocycles. The molecule has 4 nitrogen and oxygen atoms in total. The number of rotatable bonds is 13. The van der Waals surface area contributed by atoms with Crippen LogP contribution in [0.3, 0.4) is 0 Å². The lowest BCUT2D eigenvalue weighted by atomic mass is 9.91. The molecule has 260 valence electrons. The Bertz CT molecular complexity index is 1130. The number of ketones is 1. The Kier molecular flexibility index (Phi) is 10.9. The lowest BCUT2D eigenvalue weighted by Crippen LogP contribution is -2.75. The zero-order valence-electron chi connectivity index (χ0n) is 22.7. The number of hydrogen-bond donors (Lipinski definition) is 0. The molecule has 0 aliphatic heterocycles. The van der Waals surface area contributed by atoms with E-state index < -0.39 is 94.8 Å². The molecule has 0 rings (SSSR count). The standard InChI is InChI=1S/C20H25F17O4S2/c1-9(2)42(10(3)4,8-11(38)12(5,6)7)41-43(39,40)20(36,37)18(31,32)16(27,28)14(23,24)13(21,22)15(25,26)17(29,30)19(33,34)35/h9-10H,8H2,1-7H3. The summed E-state index contributed by atoms with van der Waals surface area (Å²) in [7, 11) is -11.9. The summed E-state index contributed by atoms with van der Waals surface area (Å²) in [6.45, 7) is 7.42. The van der Waals surface area contributed by atoms with E-state index in [1.54, 1.807) is 0 Å². The van der Waals surface area contributed by atoms with E-state index in [1.807, 2.05) is 0 Å². The monoisotopic (exact) mass is 716 g/mol. The minimum absolute atomic E-state index is 0.962. The maximum Gasteiger partial charge on any atom is 0.460 e. The molecule has 0 unspecified atom stereocenters. The third-order valence-electron chi connectivity index (χ3n) is 6.01. The first kappa shape index (κ1) is 41.7. The molecule has 23 heteroatoms. The highest BCUT2D eigenvalue weighted by molar-refractivity contribution is 8.34. The van der Waals surface area contributed by atoms with Crippen LogP contribution in [0, 0.1) is 5.41 Å². The summed E-state index contributed by atoms with van der Waals surface area (Å²) in [4.78, 5) is 12.6. The fraction of sp³-hybridized carbons (Fsp3) is 0.950. The van der Waals surface area contributed by atoms with Crippen LogP contribution in [0.2, 0.25) is 0 Å². The number of Topliss-reactive ketones (excluding diaryl/α,β-unsaturated/α-hetero) is 1. The lowest BCUT2D eigenvalue weighted by molar-refractivity contribution is -0.458. The average Bonchev–Trinajstić information content (AvgIpc) is 2.75. The minimum Gasteiger partial charge on any atom is -0.298 e. The normalized spacial score (nSPS) is 16.7. The third-order valence-corrected chi connectivity index (χ3v) is 12.5. The predicted octanol–water partition coefficient (Wildman–Crippen LogP) is 8.45. The summed E-state index contributed by atoms with van der Waals surface area (Å²) < 4.78 is 260. The molecule has 0 aromatic carbocycles. The van der Waals surface area contributed by atoms with Crippen molar-refractivity contribution in [3.8, 4) is 0 Å². The Balaban J connectivity index is 7.30. The maximum atomic E-state index is 14.6. The van der Waals surface area contributed by atoms with E-state index in [0.29, 0.717) is 0 Å². The summed E-state index contributed by atoms with van der Waals surface area (Å²) in [6, 6.07) is 0. The first-order valence-electron chi connectivity index (χ1n) is 11.2. The summed E-state index contributed by atoms with van der Waals surface area (Å²) in [6.07, 6.45) is -7.92. The van der Waals surface area contributed by atoms with Crippen LogP contribution in [0.25, 0.3) is 0 Å². The fourth-order valence-electron chi connectivity index (χ4n) is 3.00. The van der Waals surface area contributed by atoms with Gasteiger partial charge in [-0.2, -0.15) is 83.1 Å². The van der Waals surface area contributed by atoms with Crippen LogP contribution < -0.4 is 0 Å². The first-order valence-corrected chi connectivity index (χ1v) is 14.5. The molecule has 0 aliphatic carbocycles. The highest BCUT2D eigenvalue weighted by Crippen LogP contribution is 2.66. The molecule has 0 bridgehead atoms. The molecule has 0 saturated heterocycles. The summed E-state index contributed by atoms with van der Waals surface area (Å²) in [5, 5.41) is -10.7. The number of carbonyl (C=O) groups is 1. The molecule has 43 heavy (non-hydrogen) atoms. The van der Waals surface area contributed by atoms with Crippen LogP contribution in [0.4, 0.5) is 74.6 Å². The summed E-state index contributed by atoms with van der Waals surface area (Å²) in [5.74, 6) is -54.4. The van der Waals surface area contributed by atoms with Crippen LogP contribution in [0.5, 0.6) is 0 Å². The van der Waals surface area contributed by atoms with Crippen molar-refractivity contribution in [2.75, 3.05) is 5.75 Å². The molecule has 0 fully saturated rings. The van der Waals surface area contributed by atoms with E-state index >= 15 is 0 Å². The number of alkyl halides is 17. The van der Waals surface area contributed by atoms with Crippen molar-refractivity contribution in [2.24, 2.45) is 5.41 Å². The average molecular weight is 717 g/mol. The molecule has 0 N–H and O–H groups in total. The van der Waals surface area contributed by atoms with Gasteiger partial charge in [0.15, 0.2) is 0 Å². The first-order chi connectivity index (χ1) is 18.2. The highest BCUT2D eigenvalue weighted by Gasteiger charge is 2.96. The van der Waals surface area contributed by atoms with Gasteiger partial charge in [0.25, 0.3) is 0 Å². The van der Waals surface area contributed by atoms with Crippen LogP contribution >= 0.6 is 10.3 Å². The number of carbonyl (C=O) groups excluding carboxylic acids is 1. The molecule has 0 saturated carbocycles. The van der Waals surface area contributed by atoms with Gasteiger partial charge in [-0.3, -0.25) is 4.79 Å². The Labute approximate surface area is 235 Å². The van der Waals surface area contributed by atoms with Crippen molar-refractivity contribution in [1.82, 2.24) is 0 Å². The van der Waals surface area contributed by atoms with Gasteiger partial charge < -0.3 is 0 Å². The second kappa shape index (κ2) is 11.2. The van der Waals surface area contributed by atoms with Gasteiger partial charge in [0.05, 0.1) is 5.75 Å². The van der Waals surface area contributed by atoms with Crippen LogP contribution in [-0.4, -0.2) is 77.4 Å². The largest absolute Gasteiger partial charge is 0.460 e. The second-order valence-corrected chi connectivity index (χ2v) is 16.4. The molecular weight excluding hydrogens is 691 g/mol. The van der Waals surface area contributed by atoms with Crippen molar-refractivity contribution in [3.05, 3.63) is 0 Å². The Morgan fingerprint density at radius 1 is 0.558 bits per heavy atom. The van der Waals surface area contributed by atoms with Crippen molar-refractivity contribution >= 4 is 26.2 Å². The highest BCUT2D eigenvalue weighted by atomic mass is 32.3. The number of halogens is 17. The topological polar surface area (TPSA) is 60.4 Å². The summed E-state index contributed by atoms with van der Waals surface area (Å²) in [5.41, 5.74) is -1.42. The van der Waals surface area contributed by atoms with Gasteiger partial charge in [-0.05, 0) is 0 Å². The zero-order valence-corrected chi connectivity index (χ0v) is 24.4. The van der Waals surface area contributed by atoms with Gasteiger partial charge >= 0.3 is 57.1 Å². The predicted molar refractivity (Wildman–Crippen MR) is 118 cm³/mol. The van der Waals surface area contributed by atoms with Gasteiger partial charge in [0.1, 0.15) is 5.78 Å². The lowest BCUT2D eigenvalue weighted by Gasteiger charge is -2.47. The summed E-state index contributed by atoms with van der Waals surface area (Å²) >= 11 is 0. The van der Waals surface area contributed by atoms with Gasteiger partial charge in [0, 0.05) is 15.9 Å². The smallest absolute Gasteiger partial charge is 0.298 e. The van der Waals surface area contributed by atoms with Crippen LogP contribution in [0.15, 0.2) is 0 Å². The minimum atomic E-state index is -8.94. The van der Waals surface area contributed by atoms with E-state index in [4.69, 9.17) is 0 Å². The van der Waals surface area contributed by atoms with Crippen LogP contribution in [0.1, 0.15) is 48.5 Å². The van der Waals surface area contributed by atoms with Gasteiger partial charge in [-0.1, -0.05) is 48.5 Å². The van der Waals surface area contributed by atoms with E-state index in [1.165, 1.54) is 20.8 Å². The van der Waals surface area contributed by atoms with E-state index in [9.17, 15) is 87.8 Å². The van der Waals surface area contributed by atoms with Crippen LogP contribution in [-0.2, 0) is 18.5 Å². The second-order valence-electron chi connectivity index (χ2n) is 10.7. The fourth-order valence-corrected chi connectivity index (χ4v) is 9.16. The molecule has 0 atom stereocenters. The Hall–Kier alpha value is -1.26. The third kappa shape index (κ3) is 6.15. The molecule has 0 aliphatic rings. The van der Waals surface area contributed by atoms with Crippen molar-refractivity contribution in [3.63, 3.8) is 0 Å². The van der Waals surface area contributed by atoms with Crippen molar-refractivity contribution in [1.29, 1.82) is 0 Å². The molecule has 0 radical (unpaired) electrons. The molecule has 0 aromatic heterocycles. The van der Waals surface area contributed by atoms with Crippen molar-refractivity contribution in [2.45, 2.75) is 106 Å². The molecular formula is C20H25F17O4S2. The molecule has 0 spiro atoms. The number of hydrogen-bond acceptors (Lipinski definition) is 4.